The van der Waals surface area contributed by atoms with Crippen LogP contribution in [-0.4, -0.2) is 50.3 Å². The molecule has 0 atom stereocenters. The second kappa shape index (κ2) is 6.01. The van der Waals surface area contributed by atoms with Crippen LogP contribution in [-0.2, 0) is 10.0 Å². The maximum atomic E-state index is 12.4. The first-order valence-corrected chi connectivity index (χ1v) is 8.12. The first-order valence-electron chi connectivity index (χ1n) is 5.89. The third-order valence-electron chi connectivity index (χ3n) is 3.06. The van der Waals surface area contributed by atoms with Gasteiger partial charge in [0.15, 0.2) is 0 Å². The topological polar surface area (TPSA) is 64.4 Å². The molecule has 0 unspecified atom stereocenters. The van der Waals surface area contributed by atoms with Gasteiger partial charge in [-0.2, -0.15) is 9.57 Å². The molecule has 0 saturated carbocycles. The van der Waals surface area contributed by atoms with Crippen molar-refractivity contribution in [3.8, 4) is 6.07 Å². The number of sulfonamides is 1. The summed E-state index contributed by atoms with van der Waals surface area (Å²) in [7, 11) is -3.43. The van der Waals surface area contributed by atoms with Crippen molar-refractivity contribution < 1.29 is 8.42 Å². The zero-order chi connectivity index (χ0) is 13.9. The number of nitrogens with zero attached hydrogens (tertiary/aromatic N) is 3. The molecule has 2 rings (SSSR count). The fourth-order valence-electron chi connectivity index (χ4n) is 2.00. The van der Waals surface area contributed by atoms with E-state index in [1.807, 2.05) is 4.90 Å². The number of rotatable bonds is 3. The van der Waals surface area contributed by atoms with Crippen LogP contribution in [0, 0.1) is 11.3 Å². The maximum absolute atomic E-state index is 12.4. The molecule has 5 nitrogen and oxygen atoms in total. The van der Waals surface area contributed by atoms with E-state index in [4.69, 9.17) is 5.26 Å². The summed E-state index contributed by atoms with van der Waals surface area (Å²) in [6, 6.07) is 8.80. The summed E-state index contributed by atoms with van der Waals surface area (Å²) < 4.78 is 27.1. The summed E-state index contributed by atoms with van der Waals surface area (Å²) in [6.45, 7) is 2.40. The molecule has 0 radical (unpaired) electrons. The van der Waals surface area contributed by atoms with Crippen molar-refractivity contribution in [3.63, 3.8) is 0 Å². The Morgan fingerprint density at radius 2 is 1.95 bits per heavy atom. The van der Waals surface area contributed by atoms with Crippen molar-refractivity contribution in [2.45, 2.75) is 4.90 Å². The Balaban J connectivity index is 2.12. The highest BCUT2D eigenvalue weighted by molar-refractivity contribution is 9.10. The molecule has 0 aromatic heterocycles. The largest absolute Gasteiger partial charge is 0.288 e. The molecule has 0 amide bonds. The Hall–Kier alpha value is -0.940. The van der Waals surface area contributed by atoms with Gasteiger partial charge in [0.05, 0.1) is 17.5 Å². The molecule has 0 bridgehead atoms. The first kappa shape index (κ1) is 14.5. The zero-order valence-electron chi connectivity index (χ0n) is 10.3. The Labute approximate surface area is 121 Å². The van der Waals surface area contributed by atoms with Crippen molar-refractivity contribution in [1.82, 2.24) is 9.21 Å². The molecule has 19 heavy (non-hydrogen) atoms. The first-order chi connectivity index (χ1) is 9.04. The van der Waals surface area contributed by atoms with Crippen molar-refractivity contribution in [3.05, 3.63) is 28.7 Å². The van der Waals surface area contributed by atoms with E-state index < -0.39 is 10.0 Å². The molecule has 0 aliphatic carbocycles. The summed E-state index contributed by atoms with van der Waals surface area (Å²) in [6.07, 6.45) is 0. The summed E-state index contributed by atoms with van der Waals surface area (Å²) in [4.78, 5) is 2.25. The third kappa shape index (κ3) is 3.34. The van der Waals surface area contributed by atoms with Crippen molar-refractivity contribution in [2.24, 2.45) is 0 Å². The summed E-state index contributed by atoms with van der Waals surface area (Å²) in [5.41, 5.74) is 0. The van der Waals surface area contributed by atoms with Gasteiger partial charge in [-0.15, -0.1) is 0 Å². The molecule has 1 aromatic carbocycles. The lowest BCUT2D eigenvalue weighted by Gasteiger charge is -2.32. The second-order valence-electron chi connectivity index (χ2n) is 4.30. The Morgan fingerprint density at radius 1 is 1.26 bits per heavy atom. The summed E-state index contributed by atoms with van der Waals surface area (Å²) in [5, 5.41) is 8.62. The predicted octanol–water partition coefficient (Wildman–Crippen LogP) is 1.28. The van der Waals surface area contributed by atoms with Crippen LogP contribution < -0.4 is 0 Å². The van der Waals surface area contributed by atoms with E-state index in [9.17, 15) is 8.42 Å². The van der Waals surface area contributed by atoms with Crippen LogP contribution in [0.15, 0.2) is 33.6 Å². The number of benzene rings is 1. The van der Waals surface area contributed by atoms with Gasteiger partial charge < -0.3 is 0 Å². The van der Waals surface area contributed by atoms with Crippen LogP contribution in [0.1, 0.15) is 0 Å². The van der Waals surface area contributed by atoms with Crippen LogP contribution in [0.25, 0.3) is 0 Å². The van der Waals surface area contributed by atoms with Gasteiger partial charge in [-0.25, -0.2) is 8.42 Å². The molecule has 1 aliphatic rings. The van der Waals surface area contributed by atoms with Crippen LogP contribution >= 0.6 is 15.9 Å². The SMILES string of the molecule is N#CCN1CCN(S(=O)(=O)c2cccc(Br)c2)CC1. The summed E-state index contributed by atoms with van der Waals surface area (Å²) >= 11 is 3.28. The Morgan fingerprint density at radius 3 is 2.53 bits per heavy atom. The standard InChI is InChI=1S/C12H14BrN3O2S/c13-11-2-1-3-12(10-11)19(17,18)16-8-6-15(5-4-14)7-9-16/h1-3,10H,5-9H2. The van der Waals surface area contributed by atoms with E-state index in [1.54, 1.807) is 24.3 Å². The smallest absolute Gasteiger partial charge is 0.243 e. The quantitative estimate of drug-likeness (QED) is 0.775. The molecule has 1 aromatic rings. The molecule has 0 N–H and O–H groups in total. The molecule has 1 heterocycles. The number of hydrogen-bond acceptors (Lipinski definition) is 4. The van der Waals surface area contributed by atoms with Crippen molar-refractivity contribution in [2.75, 3.05) is 32.7 Å². The van der Waals surface area contributed by atoms with Crippen molar-refractivity contribution in [1.29, 1.82) is 5.26 Å². The fourth-order valence-corrected chi connectivity index (χ4v) is 4.02. The van der Waals surface area contributed by atoms with Gasteiger partial charge in [0.25, 0.3) is 0 Å². The third-order valence-corrected chi connectivity index (χ3v) is 5.45. The number of hydrogen-bond donors (Lipinski definition) is 0. The minimum Gasteiger partial charge on any atom is -0.288 e. The Kier molecular flexibility index (Phi) is 4.58. The van der Waals surface area contributed by atoms with Crippen LogP contribution in [0.2, 0.25) is 0 Å². The lowest BCUT2D eigenvalue weighted by Crippen LogP contribution is -2.48. The number of piperazine rings is 1. The average Bonchev–Trinajstić information content (AvgIpc) is 2.40. The van der Waals surface area contributed by atoms with Gasteiger partial charge in [-0.3, -0.25) is 4.90 Å². The fraction of sp³-hybridized carbons (Fsp3) is 0.417. The molecule has 7 heteroatoms. The number of halogens is 1. The monoisotopic (exact) mass is 343 g/mol. The summed E-state index contributed by atoms with van der Waals surface area (Å²) in [5.74, 6) is 0. The number of nitriles is 1. The van der Waals surface area contributed by atoms with Gasteiger partial charge in [-0.05, 0) is 18.2 Å². The molecular formula is C12H14BrN3O2S. The lowest BCUT2D eigenvalue weighted by atomic mass is 10.4. The highest BCUT2D eigenvalue weighted by atomic mass is 79.9. The minimum absolute atomic E-state index is 0.301. The van der Waals surface area contributed by atoms with Gasteiger partial charge >= 0.3 is 0 Å². The highest BCUT2D eigenvalue weighted by Crippen LogP contribution is 2.21. The molecule has 1 aliphatic heterocycles. The van der Waals surface area contributed by atoms with E-state index in [-0.39, 0.29) is 0 Å². The van der Waals surface area contributed by atoms with Gasteiger partial charge in [0.1, 0.15) is 0 Å². The zero-order valence-corrected chi connectivity index (χ0v) is 12.7. The molecule has 0 spiro atoms. The van der Waals surface area contributed by atoms with Crippen LogP contribution in [0.5, 0.6) is 0 Å². The predicted molar refractivity (Wildman–Crippen MR) is 75.0 cm³/mol. The normalized spacial score (nSPS) is 18.1. The van der Waals surface area contributed by atoms with Gasteiger partial charge in [0.2, 0.25) is 10.0 Å². The minimum atomic E-state index is -3.43. The lowest BCUT2D eigenvalue weighted by molar-refractivity contribution is 0.206. The van der Waals surface area contributed by atoms with E-state index >= 15 is 0 Å². The molecule has 102 valence electrons. The van der Waals surface area contributed by atoms with Crippen LogP contribution in [0.4, 0.5) is 0 Å². The van der Waals surface area contributed by atoms with Gasteiger partial charge in [0, 0.05) is 30.7 Å². The van der Waals surface area contributed by atoms with Crippen molar-refractivity contribution >= 4 is 26.0 Å². The van der Waals surface area contributed by atoms with Crippen LogP contribution in [0.3, 0.4) is 0 Å². The average molecular weight is 344 g/mol. The van der Waals surface area contributed by atoms with E-state index in [0.29, 0.717) is 37.6 Å². The Bertz CT molecular complexity index is 589. The van der Waals surface area contributed by atoms with Gasteiger partial charge in [-0.1, -0.05) is 22.0 Å². The molecule has 1 fully saturated rings. The molecule has 1 saturated heterocycles. The molecular weight excluding hydrogens is 330 g/mol. The maximum Gasteiger partial charge on any atom is 0.243 e. The van der Waals surface area contributed by atoms with E-state index in [1.165, 1.54) is 4.31 Å². The highest BCUT2D eigenvalue weighted by Gasteiger charge is 2.28. The van der Waals surface area contributed by atoms with E-state index in [0.717, 1.165) is 4.47 Å². The van der Waals surface area contributed by atoms with E-state index in [2.05, 4.69) is 22.0 Å². The second-order valence-corrected chi connectivity index (χ2v) is 7.15.